The van der Waals surface area contributed by atoms with Crippen LogP contribution in [0.25, 0.3) is 0 Å². The predicted molar refractivity (Wildman–Crippen MR) is 62.6 cm³/mol. The molecule has 18 heavy (non-hydrogen) atoms. The minimum absolute atomic E-state index is 0.251. The van der Waals surface area contributed by atoms with Gasteiger partial charge >= 0.3 is 6.18 Å². The van der Waals surface area contributed by atoms with Gasteiger partial charge in [0.1, 0.15) is 6.54 Å². The van der Waals surface area contributed by atoms with E-state index in [-0.39, 0.29) is 5.95 Å². The van der Waals surface area contributed by atoms with Gasteiger partial charge in [-0.15, -0.1) is 0 Å². The summed E-state index contributed by atoms with van der Waals surface area (Å²) in [5.74, 6) is 0.251. The van der Waals surface area contributed by atoms with Gasteiger partial charge in [0.15, 0.2) is 0 Å². The second kappa shape index (κ2) is 6.63. The summed E-state index contributed by atoms with van der Waals surface area (Å²) in [6.07, 6.45) is -2.13. The summed E-state index contributed by atoms with van der Waals surface area (Å²) in [5.41, 5.74) is 0.562. The number of hydrogen-bond acceptors (Lipinski definition) is 3. The Labute approximate surface area is 104 Å². The van der Waals surface area contributed by atoms with Crippen molar-refractivity contribution in [3.05, 3.63) is 11.9 Å². The van der Waals surface area contributed by atoms with E-state index in [0.717, 1.165) is 11.0 Å². The average molecular weight is 265 g/mol. The molecule has 0 aliphatic heterocycles. The van der Waals surface area contributed by atoms with E-state index in [1.165, 1.54) is 6.20 Å². The van der Waals surface area contributed by atoms with Crippen LogP contribution >= 0.6 is 0 Å². The average Bonchev–Trinajstić information content (AvgIpc) is 2.56. The molecule has 1 rings (SSSR count). The highest BCUT2D eigenvalue weighted by molar-refractivity contribution is 5.28. The molecule has 0 saturated carbocycles. The fourth-order valence-electron chi connectivity index (χ4n) is 1.52. The zero-order valence-electron chi connectivity index (χ0n) is 10.5. The number of rotatable bonds is 7. The molecule has 0 bridgehead atoms. The van der Waals surface area contributed by atoms with Crippen LogP contribution < -0.4 is 5.32 Å². The lowest BCUT2D eigenvalue weighted by molar-refractivity contribution is -0.140. The third-order valence-corrected chi connectivity index (χ3v) is 2.20. The van der Waals surface area contributed by atoms with Crippen LogP contribution in [0.1, 0.15) is 19.0 Å². The van der Waals surface area contributed by atoms with Crippen molar-refractivity contribution < 1.29 is 17.9 Å². The van der Waals surface area contributed by atoms with E-state index in [4.69, 9.17) is 4.74 Å². The van der Waals surface area contributed by atoms with Crippen molar-refractivity contribution in [1.82, 2.24) is 9.55 Å². The van der Waals surface area contributed by atoms with E-state index < -0.39 is 12.7 Å². The van der Waals surface area contributed by atoms with Crippen LogP contribution in [0, 0.1) is 6.92 Å². The highest BCUT2D eigenvalue weighted by Crippen LogP contribution is 2.20. The first-order chi connectivity index (χ1) is 8.42. The summed E-state index contributed by atoms with van der Waals surface area (Å²) in [6, 6.07) is 0. The standard InChI is InChI=1S/C11H18F3N3O/c1-3-18-6-4-5-15-10-16-9(2)7-17(10)8-11(12,13)14/h7H,3-6,8H2,1-2H3,(H,15,16). The van der Waals surface area contributed by atoms with Crippen LogP contribution in [-0.4, -0.2) is 35.5 Å². The van der Waals surface area contributed by atoms with Gasteiger partial charge in [0.25, 0.3) is 0 Å². The van der Waals surface area contributed by atoms with Crippen LogP contribution in [0.3, 0.4) is 0 Å². The molecule has 0 aliphatic carbocycles. The van der Waals surface area contributed by atoms with E-state index in [0.29, 0.717) is 25.5 Å². The van der Waals surface area contributed by atoms with Crippen LogP contribution in [0.5, 0.6) is 0 Å². The van der Waals surface area contributed by atoms with Crippen molar-refractivity contribution in [1.29, 1.82) is 0 Å². The number of ether oxygens (including phenoxy) is 1. The normalized spacial score (nSPS) is 11.8. The third kappa shape index (κ3) is 5.39. The molecule has 0 fully saturated rings. The van der Waals surface area contributed by atoms with Crippen LogP contribution in [0.4, 0.5) is 19.1 Å². The Balaban J connectivity index is 2.49. The van der Waals surface area contributed by atoms with Gasteiger partial charge in [0.2, 0.25) is 5.95 Å². The summed E-state index contributed by atoms with van der Waals surface area (Å²) < 4.78 is 43.2. The highest BCUT2D eigenvalue weighted by atomic mass is 19.4. The lowest BCUT2D eigenvalue weighted by atomic mass is 10.4. The topological polar surface area (TPSA) is 39.1 Å². The molecule has 1 N–H and O–H groups in total. The van der Waals surface area contributed by atoms with E-state index in [1.54, 1.807) is 6.92 Å². The van der Waals surface area contributed by atoms with Gasteiger partial charge < -0.3 is 14.6 Å². The van der Waals surface area contributed by atoms with Crippen molar-refractivity contribution in [2.24, 2.45) is 0 Å². The van der Waals surface area contributed by atoms with Gasteiger partial charge in [-0.25, -0.2) is 4.98 Å². The SMILES string of the molecule is CCOCCCNc1nc(C)cn1CC(F)(F)F. The lowest BCUT2D eigenvalue weighted by Gasteiger charge is -2.11. The summed E-state index contributed by atoms with van der Waals surface area (Å²) in [6.45, 7) is 4.30. The summed E-state index contributed by atoms with van der Waals surface area (Å²) in [4.78, 5) is 4.02. The van der Waals surface area contributed by atoms with Crippen LogP contribution in [-0.2, 0) is 11.3 Å². The Morgan fingerprint density at radius 3 is 2.78 bits per heavy atom. The van der Waals surface area contributed by atoms with Crippen molar-refractivity contribution in [3.8, 4) is 0 Å². The van der Waals surface area contributed by atoms with Gasteiger partial charge in [-0.3, -0.25) is 0 Å². The maximum Gasteiger partial charge on any atom is 0.406 e. The van der Waals surface area contributed by atoms with Crippen molar-refractivity contribution in [2.45, 2.75) is 33.0 Å². The molecule has 0 unspecified atom stereocenters. The molecule has 104 valence electrons. The molecule has 4 nitrogen and oxygen atoms in total. The summed E-state index contributed by atoms with van der Waals surface area (Å²) >= 11 is 0. The fourth-order valence-corrected chi connectivity index (χ4v) is 1.52. The summed E-state index contributed by atoms with van der Waals surface area (Å²) in [5, 5.41) is 2.89. The number of aryl methyl sites for hydroxylation is 1. The molecule has 7 heteroatoms. The number of halogens is 3. The summed E-state index contributed by atoms with van der Waals surface area (Å²) in [7, 11) is 0. The fraction of sp³-hybridized carbons (Fsp3) is 0.727. The smallest absolute Gasteiger partial charge is 0.382 e. The molecule has 1 aromatic rings. The van der Waals surface area contributed by atoms with Crippen molar-refractivity contribution in [2.75, 3.05) is 25.1 Å². The number of anilines is 1. The molecule has 0 spiro atoms. The van der Waals surface area contributed by atoms with Crippen LogP contribution in [0.2, 0.25) is 0 Å². The van der Waals surface area contributed by atoms with Crippen LogP contribution in [0.15, 0.2) is 6.20 Å². The second-order valence-corrected chi connectivity index (χ2v) is 3.93. The monoisotopic (exact) mass is 265 g/mol. The van der Waals surface area contributed by atoms with Gasteiger partial charge in [-0.1, -0.05) is 0 Å². The number of nitrogens with one attached hydrogen (secondary N) is 1. The second-order valence-electron chi connectivity index (χ2n) is 3.93. The largest absolute Gasteiger partial charge is 0.406 e. The van der Waals surface area contributed by atoms with E-state index >= 15 is 0 Å². The molecule has 0 atom stereocenters. The molecule has 1 aromatic heterocycles. The number of alkyl halides is 3. The van der Waals surface area contributed by atoms with E-state index in [1.807, 2.05) is 6.92 Å². The first kappa shape index (κ1) is 14.8. The number of nitrogens with zero attached hydrogens (tertiary/aromatic N) is 2. The van der Waals surface area contributed by atoms with Crippen molar-refractivity contribution in [3.63, 3.8) is 0 Å². The van der Waals surface area contributed by atoms with E-state index in [2.05, 4.69) is 10.3 Å². The van der Waals surface area contributed by atoms with E-state index in [9.17, 15) is 13.2 Å². The highest BCUT2D eigenvalue weighted by Gasteiger charge is 2.29. The lowest BCUT2D eigenvalue weighted by Crippen LogP contribution is -2.19. The zero-order valence-corrected chi connectivity index (χ0v) is 10.5. The Morgan fingerprint density at radius 2 is 2.17 bits per heavy atom. The molecule has 1 heterocycles. The van der Waals surface area contributed by atoms with Gasteiger partial charge in [-0.05, 0) is 20.3 Å². The zero-order chi connectivity index (χ0) is 13.6. The Hall–Kier alpha value is -1.24. The molecule has 0 aromatic carbocycles. The molecule has 0 amide bonds. The Kier molecular flexibility index (Phi) is 5.46. The minimum atomic E-state index is -4.24. The number of hydrogen-bond donors (Lipinski definition) is 1. The first-order valence-corrected chi connectivity index (χ1v) is 5.84. The molecular formula is C11H18F3N3O. The maximum atomic E-state index is 12.3. The quantitative estimate of drug-likeness (QED) is 0.770. The first-order valence-electron chi connectivity index (χ1n) is 5.84. The predicted octanol–water partition coefficient (Wildman–Crippen LogP) is 2.59. The van der Waals surface area contributed by atoms with Gasteiger partial charge in [-0.2, -0.15) is 13.2 Å². The number of imidazole rings is 1. The number of aromatic nitrogens is 2. The third-order valence-electron chi connectivity index (χ3n) is 2.20. The van der Waals surface area contributed by atoms with Gasteiger partial charge in [0.05, 0.1) is 5.69 Å². The maximum absolute atomic E-state index is 12.3. The minimum Gasteiger partial charge on any atom is -0.382 e. The van der Waals surface area contributed by atoms with Crippen molar-refractivity contribution >= 4 is 5.95 Å². The molecule has 0 saturated heterocycles. The molecule has 0 aliphatic rings. The van der Waals surface area contributed by atoms with Gasteiger partial charge in [0, 0.05) is 26.0 Å². The Bertz CT molecular complexity index is 363. The molecular weight excluding hydrogens is 247 g/mol. The molecule has 0 radical (unpaired) electrons. The Morgan fingerprint density at radius 1 is 1.44 bits per heavy atom.